The summed E-state index contributed by atoms with van der Waals surface area (Å²) in [6.07, 6.45) is 0.817. The van der Waals surface area contributed by atoms with Crippen LogP contribution < -0.4 is 15.0 Å². The second kappa shape index (κ2) is 11.7. The Morgan fingerprint density at radius 3 is 2.14 bits per heavy atom. The van der Waals surface area contributed by atoms with Crippen molar-refractivity contribution in [2.24, 2.45) is 0 Å². The Balaban J connectivity index is 1.36. The number of para-hydroxylation sites is 1. The molecule has 1 N–H and O–H groups in total. The molecule has 0 saturated heterocycles. The molecule has 176 valence electrons. The number of rotatable bonds is 9. The molecule has 0 aliphatic heterocycles. The predicted octanol–water partition coefficient (Wildman–Crippen LogP) is 6.23. The van der Waals surface area contributed by atoms with Crippen LogP contribution in [-0.2, 0) is 6.42 Å². The van der Waals surface area contributed by atoms with Gasteiger partial charge < -0.3 is 15.0 Å². The number of nitrogens with zero attached hydrogens (tertiary/aromatic N) is 1. The normalized spacial score (nSPS) is 10.4. The third-order valence-corrected chi connectivity index (χ3v) is 5.62. The van der Waals surface area contributed by atoms with Gasteiger partial charge in [-0.05, 0) is 67.1 Å². The van der Waals surface area contributed by atoms with Gasteiger partial charge in [-0.15, -0.1) is 0 Å². The molecule has 4 aromatic carbocycles. The first-order valence-electron chi connectivity index (χ1n) is 11.7. The molecule has 4 aromatic rings. The van der Waals surface area contributed by atoms with Gasteiger partial charge >= 0.3 is 0 Å². The first kappa shape index (κ1) is 23.8. The highest BCUT2D eigenvalue weighted by Crippen LogP contribution is 2.20. The number of nitrogens with one attached hydrogen (secondary N) is 1. The minimum absolute atomic E-state index is 0.119. The zero-order valence-corrected chi connectivity index (χ0v) is 19.7. The van der Waals surface area contributed by atoms with E-state index in [0.717, 1.165) is 12.1 Å². The molecule has 0 saturated carbocycles. The highest BCUT2D eigenvalue weighted by atomic mass is 16.5. The number of amides is 2. The monoisotopic (exact) mass is 464 g/mol. The first-order chi connectivity index (χ1) is 17.1. The molecule has 35 heavy (non-hydrogen) atoms. The predicted molar refractivity (Wildman–Crippen MR) is 140 cm³/mol. The third kappa shape index (κ3) is 6.36. The highest BCUT2D eigenvalue weighted by molar-refractivity contribution is 6.08. The van der Waals surface area contributed by atoms with Gasteiger partial charge in [0, 0.05) is 35.5 Å². The molecule has 0 spiro atoms. The zero-order valence-electron chi connectivity index (χ0n) is 19.7. The van der Waals surface area contributed by atoms with E-state index in [1.54, 1.807) is 53.4 Å². The van der Waals surface area contributed by atoms with Crippen molar-refractivity contribution in [3.63, 3.8) is 0 Å². The SMILES string of the molecule is CCN(C(=O)c1cccc(NC(=O)c2ccc(OCCc3ccccc3)cc2)c1)c1ccccc1. The number of hydrogen-bond acceptors (Lipinski definition) is 3. The number of benzene rings is 4. The van der Waals surface area contributed by atoms with Gasteiger partial charge in [0.15, 0.2) is 0 Å². The molecule has 0 aromatic heterocycles. The minimum atomic E-state index is -0.249. The van der Waals surface area contributed by atoms with Crippen LogP contribution in [0.25, 0.3) is 0 Å². The van der Waals surface area contributed by atoms with Crippen LogP contribution in [0.3, 0.4) is 0 Å². The Bertz CT molecular complexity index is 1260. The maximum atomic E-state index is 13.1. The second-order valence-electron chi connectivity index (χ2n) is 8.03. The fourth-order valence-electron chi connectivity index (χ4n) is 3.77. The summed E-state index contributed by atoms with van der Waals surface area (Å²) in [6.45, 7) is 3.04. The van der Waals surface area contributed by atoms with E-state index in [4.69, 9.17) is 4.74 Å². The third-order valence-electron chi connectivity index (χ3n) is 5.62. The summed E-state index contributed by atoms with van der Waals surface area (Å²) < 4.78 is 5.80. The Morgan fingerprint density at radius 1 is 0.771 bits per heavy atom. The van der Waals surface area contributed by atoms with Gasteiger partial charge in [0.2, 0.25) is 0 Å². The minimum Gasteiger partial charge on any atom is -0.493 e. The molecule has 5 nitrogen and oxygen atoms in total. The molecular formula is C30H28N2O3. The van der Waals surface area contributed by atoms with E-state index >= 15 is 0 Å². The van der Waals surface area contributed by atoms with Crippen LogP contribution in [-0.4, -0.2) is 25.0 Å². The van der Waals surface area contributed by atoms with E-state index in [1.807, 2.05) is 55.5 Å². The van der Waals surface area contributed by atoms with Gasteiger partial charge in [-0.3, -0.25) is 9.59 Å². The standard InChI is InChI=1S/C30H28N2O3/c1-2-32(27-14-7-4-8-15-27)30(34)25-12-9-13-26(22-25)31-29(33)24-16-18-28(19-17-24)35-21-20-23-10-5-3-6-11-23/h3-19,22H,2,20-21H2,1H3,(H,31,33). The van der Waals surface area contributed by atoms with Crippen LogP contribution >= 0.6 is 0 Å². The molecule has 5 heteroatoms. The number of anilines is 2. The Labute approximate surface area is 206 Å². The van der Waals surface area contributed by atoms with Gasteiger partial charge in [-0.25, -0.2) is 0 Å². The lowest BCUT2D eigenvalue weighted by Gasteiger charge is -2.21. The van der Waals surface area contributed by atoms with Gasteiger partial charge in [0.25, 0.3) is 11.8 Å². The topological polar surface area (TPSA) is 58.6 Å². The summed E-state index contributed by atoms with van der Waals surface area (Å²) in [5.41, 5.74) is 3.64. The van der Waals surface area contributed by atoms with Crippen molar-refractivity contribution in [2.75, 3.05) is 23.4 Å². The van der Waals surface area contributed by atoms with Gasteiger partial charge in [-0.1, -0.05) is 54.6 Å². The van der Waals surface area contributed by atoms with Gasteiger partial charge in [0.05, 0.1) is 6.61 Å². The van der Waals surface area contributed by atoms with Crippen LogP contribution in [0.5, 0.6) is 5.75 Å². The molecule has 0 atom stereocenters. The lowest BCUT2D eigenvalue weighted by molar-refractivity contribution is 0.0985. The van der Waals surface area contributed by atoms with Crippen molar-refractivity contribution in [3.05, 3.63) is 126 Å². The lowest BCUT2D eigenvalue weighted by Crippen LogP contribution is -2.30. The molecule has 0 unspecified atom stereocenters. The smallest absolute Gasteiger partial charge is 0.258 e. The Kier molecular flexibility index (Phi) is 7.92. The molecular weight excluding hydrogens is 436 g/mol. The van der Waals surface area contributed by atoms with E-state index in [-0.39, 0.29) is 11.8 Å². The highest BCUT2D eigenvalue weighted by Gasteiger charge is 2.16. The molecule has 0 bridgehead atoms. The summed E-state index contributed by atoms with van der Waals surface area (Å²) >= 11 is 0. The van der Waals surface area contributed by atoms with Crippen molar-refractivity contribution >= 4 is 23.2 Å². The number of carbonyl (C=O) groups excluding carboxylic acids is 2. The van der Waals surface area contributed by atoms with Crippen molar-refractivity contribution in [2.45, 2.75) is 13.3 Å². The molecule has 2 amide bonds. The van der Waals surface area contributed by atoms with E-state index in [2.05, 4.69) is 17.4 Å². The maximum absolute atomic E-state index is 13.1. The number of carbonyl (C=O) groups is 2. The van der Waals surface area contributed by atoms with Crippen LogP contribution in [0.2, 0.25) is 0 Å². The Morgan fingerprint density at radius 2 is 1.46 bits per heavy atom. The van der Waals surface area contributed by atoms with Crippen molar-refractivity contribution in [3.8, 4) is 5.75 Å². The summed E-state index contributed by atoms with van der Waals surface area (Å²) in [4.78, 5) is 27.6. The number of ether oxygens (including phenoxy) is 1. The second-order valence-corrected chi connectivity index (χ2v) is 8.03. The summed E-state index contributed by atoms with van der Waals surface area (Å²) in [5, 5.41) is 2.88. The number of hydrogen-bond donors (Lipinski definition) is 1. The summed E-state index contributed by atoms with van der Waals surface area (Å²) in [7, 11) is 0. The van der Waals surface area contributed by atoms with E-state index in [1.165, 1.54) is 5.56 Å². The average molecular weight is 465 g/mol. The molecule has 4 rings (SSSR count). The maximum Gasteiger partial charge on any atom is 0.258 e. The first-order valence-corrected chi connectivity index (χ1v) is 11.7. The van der Waals surface area contributed by atoms with E-state index in [9.17, 15) is 9.59 Å². The molecule has 0 fully saturated rings. The van der Waals surface area contributed by atoms with Crippen molar-refractivity contribution in [1.29, 1.82) is 0 Å². The molecule has 0 aliphatic carbocycles. The fraction of sp³-hybridized carbons (Fsp3) is 0.133. The molecule has 0 heterocycles. The van der Waals surface area contributed by atoms with Crippen LogP contribution in [0.4, 0.5) is 11.4 Å². The molecule has 0 aliphatic rings. The van der Waals surface area contributed by atoms with Crippen molar-refractivity contribution in [1.82, 2.24) is 0 Å². The van der Waals surface area contributed by atoms with E-state index in [0.29, 0.717) is 35.7 Å². The summed E-state index contributed by atoms with van der Waals surface area (Å²) in [5.74, 6) is 0.346. The zero-order chi connectivity index (χ0) is 24.5. The van der Waals surface area contributed by atoms with Crippen LogP contribution in [0, 0.1) is 0 Å². The van der Waals surface area contributed by atoms with E-state index < -0.39 is 0 Å². The van der Waals surface area contributed by atoms with Crippen molar-refractivity contribution < 1.29 is 14.3 Å². The lowest BCUT2D eigenvalue weighted by atomic mass is 10.1. The summed E-state index contributed by atoms with van der Waals surface area (Å²) in [6, 6.07) is 33.7. The van der Waals surface area contributed by atoms with Gasteiger partial charge in [0.1, 0.15) is 5.75 Å². The largest absolute Gasteiger partial charge is 0.493 e. The Hall–Kier alpha value is -4.38. The fourth-order valence-corrected chi connectivity index (χ4v) is 3.77. The average Bonchev–Trinajstić information content (AvgIpc) is 2.91. The quantitative estimate of drug-likeness (QED) is 0.320. The van der Waals surface area contributed by atoms with Crippen LogP contribution in [0.1, 0.15) is 33.2 Å². The molecule has 0 radical (unpaired) electrons. The van der Waals surface area contributed by atoms with Crippen LogP contribution in [0.15, 0.2) is 109 Å². The van der Waals surface area contributed by atoms with Gasteiger partial charge in [-0.2, -0.15) is 0 Å².